The topological polar surface area (TPSA) is 71.4 Å². The predicted octanol–water partition coefficient (Wildman–Crippen LogP) is 1.31. The molecular formula is C10H18O4S. The van der Waals surface area contributed by atoms with Gasteiger partial charge in [0.25, 0.3) is 0 Å². The van der Waals surface area contributed by atoms with Crippen molar-refractivity contribution in [2.45, 2.75) is 38.9 Å². The molecule has 1 aliphatic heterocycles. The molecule has 1 unspecified atom stereocenters. The number of hydrogen-bond acceptors (Lipinski definition) is 3. The van der Waals surface area contributed by atoms with Crippen LogP contribution in [0.15, 0.2) is 0 Å². The van der Waals surface area contributed by atoms with Crippen LogP contribution in [0.3, 0.4) is 0 Å². The third-order valence-electron chi connectivity index (χ3n) is 3.74. The van der Waals surface area contributed by atoms with E-state index in [1.807, 2.05) is 0 Å². The molecule has 1 saturated heterocycles. The van der Waals surface area contributed by atoms with Gasteiger partial charge in [0, 0.05) is 0 Å². The lowest BCUT2D eigenvalue weighted by Gasteiger charge is -2.35. The van der Waals surface area contributed by atoms with E-state index < -0.39 is 26.0 Å². The van der Waals surface area contributed by atoms with Gasteiger partial charge in [0.05, 0.1) is 15.9 Å². The van der Waals surface area contributed by atoms with Crippen molar-refractivity contribution >= 4 is 15.8 Å². The van der Waals surface area contributed by atoms with E-state index in [1.54, 1.807) is 27.7 Å². The highest BCUT2D eigenvalue weighted by molar-refractivity contribution is 7.93. The molecule has 1 rings (SSSR count). The second kappa shape index (κ2) is 3.20. The fourth-order valence-corrected chi connectivity index (χ4v) is 4.40. The highest BCUT2D eigenvalue weighted by Gasteiger charge is 2.55. The summed E-state index contributed by atoms with van der Waals surface area (Å²) >= 11 is 0. The molecule has 15 heavy (non-hydrogen) atoms. The zero-order valence-corrected chi connectivity index (χ0v) is 10.4. The van der Waals surface area contributed by atoms with Crippen molar-refractivity contribution in [3.63, 3.8) is 0 Å². The highest BCUT2D eigenvalue weighted by atomic mass is 32.2. The molecule has 0 aromatic carbocycles. The van der Waals surface area contributed by atoms with E-state index in [1.165, 1.54) is 0 Å². The average molecular weight is 234 g/mol. The molecule has 1 fully saturated rings. The van der Waals surface area contributed by atoms with E-state index in [-0.39, 0.29) is 11.7 Å². The zero-order chi connectivity index (χ0) is 12.1. The molecule has 4 nitrogen and oxygen atoms in total. The lowest BCUT2D eigenvalue weighted by atomic mass is 9.71. The summed E-state index contributed by atoms with van der Waals surface area (Å²) in [6, 6.07) is 0. The van der Waals surface area contributed by atoms with Gasteiger partial charge < -0.3 is 5.11 Å². The van der Waals surface area contributed by atoms with Crippen LogP contribution in [-0.4, -0.2) is 30.0 Å². The first-order valence-corrected chi connectivity index (χ1v) is 6.64. The Morgan fingerprint density at radius 3 is 2.13 bits per heavy atom. The van der Waals surface area contributed by atoms with E-state index >= 15 is 0 Å². The molecule has 1 heterocycles. The molecule has 5 heteroatoms. The summed E-state index contributed by atoms with van der Waals surface area (Å²) in [5, 5.41) is 9.11. The minimum Gasteiger partial charge on any atom is -0.481 e. The van der Waals surface area contributed by atoms with Crippen LogP contribution in [0.4, 0.5) is 0 Å². The summed E-state index contributed by atoms with van der Waals surface area (Å²) in [4.78, 5) is 11.1. The van der Waals surface area contributed by atoms with Crippen molar-refractivity contribution in [1.82, 2.24) is 0 Å². The van der Waals surface area contributed by atoms with Gasteiger partial charge in [0.15, 0.2) is 9.84 Å². The van der Waals surface area contributed by atoms with E-state index in [0.29, 0.717) is 6.42 Å². The fraction of sp³-hybridized carbons (Fsp3) is 0.900. The van der Waals surface area contributed by atoms with E-state index in [9.17, 15) is 13.2 Å². The number of hydrogen-bond donors (Lipinski definition) is 1. The monoisotopic (exact) mass is 234 g/mol. The molecule has 1 atom stereocenters. The Morgan fingerprint density at radius 1 is 1.40 bits per heavy atom. The summed E-state index contributed by atoms with van der Waals surface area (Å²) in [6.45, 7) is 6.46. The molecule has 0 aromatic heterocycles. The number of carboxylic acid groups (broad SMARTS) is 1. The van der Waals surface area contributed by atoms with Gasteiger partial charge in [0.1, 0.15) is 0 Å². The van der Waals surface area contributed by atoms with Crippen molar-refractivity contribution in [3.05, 3.63) is 0 Å². The maximum absolute atomic E-state index is 11.8. The zero-order valence-electron chi connectivity index (χ0n) is 9.57. The van der Waals surface area contributed by atoms with Crippen LogP contribution < -0.4 is 0 Å². The minimum atomic E-state index is -3.15. The van der Waals surface area contributed by atoms with Gasteiger partial charge in [-0.25, -0.2) is 8.42 Å². The molecular weight excluding hydrogens is 216 g/mol. The van der Waals surface area contributed by atoms with Gasteiger partial charge in [-0.05, 0) is 40.0 Å². The molecule has 1 N–H and O–H groups in total. The number of rotatable bonds is 2. The third kappa shape index (κ3) is 1.67. The van der Waals surface area contributed by atoms with E-state index in [0.717, 1.165) is 0 Å². The Bertz CT molecular complexity index is 378. The minimum absolute atomic E-state index is 0.0986. The largest absolute Gasteiger partial charge is 0.481 e. The van der Waals surface area contributed by atoms with Crippen molar-refractivity contribution in [2.24, 2.45) is 11.3 Å². The molecule has 0 bridgehead atoms. The van der Waals surface area contributed by atoms with Crippen LogP contribution in [0.2, 0.25) is 0 Å². The lowest BCUT2D eigenvalue weighted by molar-refractivity contribution is -0.150. The number of carboxylic acids is 1. The van der Waals surface area contributed by atoms with Gasteiger partial charge in [-0.3, -0.25) is 4.79 Å². The van der Waals surface area contributed by atoms with Gasteiger partial charge >= 0.3 is 5.97 Å². The quantitative estimate of drug-likeness (QED) is 0.782. The molecule has 0 saturated carbocycles. The van der Waals surface area contributed by atoms with Crippen LogP contribution in [-0.2, 0) is 14.6 Å². The van der Waals surface area contributed by atoms with Crippen LogP contribution in [0.1, 0.15) is 34.1 Å². The van der Waals surface area contributed by atoms with Crippen molar-refractivity contribution < 1.29 is 18.3 Å². The first-order valence-electron chi connectivity index (χ1n) is 4.99. The summed E-state index contributed by atoms with van der Waals surface area (Å²) in [5.41, 5.74) is -0.993. The first kappa shape index (κ1) is 12.5. The highest BCUT2D eigenvalue weighted by Crippen LogP contribution is 2.47. The van der Waals surface area contributed by atoms with E-state index in [4.69, 9.17) is 5.11 Å². The molecule has 0 amide bonds. The molecule has 0 aliphatic carbocycles. The Labute approximate surface area is 90.6 Å². The predicted molar refractivity (Wildman–Crippen MR) is 57.4 cm³/mol. The molecule has 0 radical (unpaired) electrons. The molecule has 88 valence electrons. The first-order chi connectivity index (χ1) is 6.53. The van der Waals surface area contributed by atoms with Gasteiger partial charge in [0.2, 0.25) is 0 Å². The Morgan fingerprint density at radius 2 is 1.87 bits per heavy atom. The molecule has 0 spiro atoms. The SMILES string of the molecule is CC(C)(C(=O)O)C1CCS(=O)(=O)C1(C)C. The Hall–Kier alpha value is -0.580. The van der Waals surface area contributed by atoms with Crippen LogP contribution >= 0.6 is 0 Å². The number of carbonyl (C=O) groups is 1. The van der Waals surface area contributed by atoms with Crippen molar-refractivity contribution in [2.75, 3.05) is 5.75 Å². The van der Waals surface area contributed by atoms with Gasteiger partial charge in [-0.1, -0.05) is 0 Å². The third-order valence-corrected chi connectivity index (χ3v) is 6.40. The standard InChI is InChI=1S/C10H18O4S/c1-9(2,8(11)12)7-5-6-15(13,14)10(7,3)4/h7H,5-6H2,1-4H3,(H,11,12). The Balaban J connectivity index is 3.18. The van der Waals surface area contributed by atoms with Gasteiger partial charge in [-0.2, -0.15) is 0 Å². The molecule has 0 aromatic rings. The summed E-state index contributed by atoms with van der Waals surface area (Å²) in [6.07, 6.45) is 0.439. The van der Waals surface area contributed by atoms with Crippen molar-refractivity contribution in [3.8, 4) is 0 Å². The van der Waals surface area contributed by atoms with Crippen LogP contribution in [0.5, 0.6) is 0 Å². The second-order valence-corrected chi connectivity index (χ2v) is 7.98. The summed E-state index contributed by atoms with van der Waals surface area (Å²) < 4.78 is 22.6. The molecule has 1 aliphatic rings. The normalized spacial score (nSPS) is 28.9. The second-order valence-electron chi connectivity index (χ2n) is 5.29. The lowest BCUT2D eigenvalue weighted by Crippen LogP contribution is -2.44. The Kier molecular flexibility index (Phi) is 2.67. The maximum Gasteiger partial charge on any atom is 0.309 e. The number of aliphatic carboxylic acids is 1. The maximum atomic E-state index is 11.8. The van der Waals surface area contributed by atoms with Crippen LogP contribution in [0, 0.1) is 11.3 Å². The fourth-order valence-electron chi connectivity index (χ4n) is 2.48. The smallest absolute Gasteiger partial charge is 0.309 e. The van der Waals surface area contributed by atoms with Crippen molar-refractivity contribution in [1.29, 1.82) is 0 Å². The summed E-state index contributed by atoms with van der Waals surface area (Å²) in [5.74, 6) is -1.16. The summed E-state index contributed by atoms with van der Waals surface area (Å²) in [7, 11) is -3.15. The average Bonchev–Trinajstić information content (AvgIpc) is 2.22. The van der Waals surface area contributed by atoms with Gasteiger partial charge in [-0.15, -0.1) is 0 Å². The van der Waals surface area contributed by atoms with E-state index in [2.05, 4.69) is 0 Å². The number of sulfone groups is 1. The van der Waals surface area contributed by atoms with Crippen LogP contribution in [0.25, 0.3) is 0 Å².